The Balaban J connectivity index is 2.70. The first-order valence-electron chi connectivity index (χ1n) is 4.69. The van der Waals surface area contributed by atoms with Crippen LogP contribution >= 0.6 is 11.6 Å². The number of rotatable bonds is 4. The van der Waals surface area contributed by atoms with E-state index >= 15 is 0 Å². The molecular formula is C11H14ClNO2. The summed E-state index contributed by atoms with van der Waals surface area (Å²) in [6, 6.07) is 6.93. The molecule has 1 N–H and O–H groups in total. The quantitative estimate of drug-likeness (QED) is 0.858. The fourth-order valence-electron chi connectivity index (χ4n) is 1.22. The Morgan fingerprint density at radius 1 is 1.53 bits per heavy atom. The van der Waals surface area contributed by atoms with Crippen molar-refractivity contribution < 1.29 is 9.90 Å². The Labute approximate surface area is 94.3 Å². The molecular weight excluding hydrogens is 214 g/mol. The minimum atomic E-state index is -0.829. The van der Waals surface area contributed by atoms with E-state index in [0.717, 1.165) is 5.56 Å². The minimum absolute atomic E-state index is 0.513. The Kier molecular flexibility index (Phi) is 4.12. The molecule has 1 aromatic rings. The summed E-state index contributed by atoms with van der Waals surface area (Å²) in [6.45, 7) is 2.19. The number of hydrogen-bond donors (Lipinski definition) is 1. The number of carbonyl (C=O) groups is 1. The molecule has 15 heavy (non-hydrogen) atoms. The number of carboxylic acids is 1. The Bertz CT molecular complexity index is 354. The third-order valence-corrected chi connectivity index (χ3v) is 2.76. The molecule has 0 saturated carbocycles. The second-order valence-electron chi connectivity index (χ2n) is 3.52. The van der Waals surface area contributed by atoms with Crippen LogP contribution in [-0.2, 0) is 11.3 Å². The third-order valence-electron chi connectivity index (χ3n) is 2.40. The smallest absolute Gasteiger partial charge is 0.320 e. The van der Waals surface area contributed by atoms with E-state index in [0.29, 0.717) is 11.6 Å². The molecule has 1 atom stereocenters. The van der Waals surface area contributed by atoms with E-state index in [1.54, 1.807) is 24.9 Å². The van der Waals surface area contributed by atoms with Crippen molar-refractivity contribution in [3.63, 3.8) is 0 Å². The molecule has 0 radical (unpaired) electrons. The van der Waals surface area contributed by atoms with Gasteiger partial charge in [-0.15, -0.1) is 0 Å². The summed E-state index contributed by atoms with van der Waals surface area (Å²) in [4.78, 5) is 12.5. The zero-order valence-corrected chi connectivity index (χ0v) is 9.53. The van der Waals surface area contributed by atoms with Crippen molar-refractivity contribution in [1.82, 2.24) is 4.90 Å². The first kappa shape index (κ1) is 12.0. The number of hydrogen-bond acceptors (Lipinski definition) is 2. The number of carboxylic acid groups (broad SMARTS) is 1. The average molecular weight is 228 g/mol. The summed E-state index contributed by atoms with van der Waals surface area (Å²) in [7, 11) is 1.77. The summed E-state index contributed by atoms with van der Waals surface area (Å²) in [5, 5.41) is 9.49. The van der Waals surface area contributed by atoms with Gasteiger partial charge in [0.15, 0.2) is 0 Å². The minimum Gasteiger partial charge on any atom is -0.480 e. The van der Waals surface area contributed by atoms with E-state index in [2.05, 4.69) is 0 Å². The molecule has 3 nitrogen and oxygen atoms in total. The van der Waals surface area contributed by atoms with E-state index in [1.807, 2.05) is 18.2 Å². The lowest BCUT2D eigenvalue weighted by atomic mass is 10.2. The van der Waals surface area contributed by atoms with Crippen LogP contribution in [0.1, 0.15) is 12.5 Å². The topological polar surface area (TPSA) is 40.5 Å². The fourth-order valence-corrected chi connectivity index (χ4v) is 1.42. The van der Waals surface area contributed by atoms with Crippen LogP contribution in [0.15, 0.2) is 24.3 Å². The first-order chi connectivity index (χ1) is 7.02. The zero-order valence-electron chi connectivity index (χ0n) is 8.77. The van der Waals surface area contributed by atoms with Crippen LogP contribution in [0, 0.1) is 0 Å². The Morgan fingerprint density at radius 2 is 2.13 bits per heavy atom. The van der Waals surface area contributed by atoms with Gasteiger partial charge in [-0.1, -0.05) is 29.8 Å². The van der Waals surface area contributed by atoms with E-state index in [1.165, 1.54) is 0 Å². The molecule has 82 valence electrons. The van der Waals surface area contributed by atoms with Gasteiger partial charge in [0.1, 0.15) is 6.04 Å². The maximum atomic E-state index is 10.7. The van der Waals surface area contributed by atoms with E-state index in [-0.39, 0.29) is 0 Å². The molecule has 0 aliphatic carbocycles. The van der Waals surface area contributed by atoms with Crippen LogP contribution in [0.3, 0.4) is 0 Å². The number of nitrogens with zero attached hydrogens (tertiary/aromatic N) is 1. The molecule has 0 spiro atoms. The summed E-state index contributed by atoms with van der Waals surface area (Å²) in [5.74, 6) is -0.829. The normalized spacial score (nSPS) is 12.8. The number of aliphatic carboxylic acids is 1. The molecule has 0 bridgehead atoms. The predicted octanol–water partition coefficient (Wildman–Crippen LogP) is 2.24. The van der Waals surface area contributed by atoms with Crippen LogP contribution in [0.2, 0.25) is 5.02 Å². The van der Waals surface area contributed by atoms with E-state index in [9.17, 15) is 4.79 Å². The van der Waals surface area contributed by atoms with Crippen molar-refractivity contribution in [2.24, 2.45) is 0 Å². The molecule has 0 amide bonds. The summed E-state index contributed by atoms with van der Waals surface area (Å²) in [6.07, 6.45) is 0. The lowest BCUT2D eigenvalue weighted by molar-refractivity contribution is -0.142. The van der Waals surface area contributed by atoms with Crippen molar-refractivity contribution in [3.8, 4) is 0 Å². The Morgan fingerprint density at radius 3 is 2.67 bits per heavy atom. The SMILES string of the molecule is CC(C(=O)O)N(C)Cc1ccccc1Cl. The molecule has 0 fully saturated rings. The van der Waals surface area contributed by atoms with Gasteiger partial charge in [-0.25, -0.2) is 0 Å². The van der Waals surface area contributed by atoms with Gasteiger partial charge in [0.2, 0.25) is 0 Å². The summed E-state index contributed by atoms with van der Waals surface area (Å²) < 4.78 is 0. The predicted molar refractivity (Wildman–Crippen MR) is 60.0 cm³/mol. The van der Waals surface area contributed by atoms with Crippen LogP contribution in [0.4, 0.5) is 0 Å². The van der Waals surface area contributed by atoms with Crippen LogP contribution in [0.5, 0.6) is 0 Å². The van der Waals surface area contributed by atoms with Gasteiger partial charge in [-0.2, -0.15) is 0 Å². The van der Waals surface area contributed by atoms with Gasteiger partial charge in [-0.3, -0.25) is 9.69 Å². The number of benzene rings is 1. The molecule has 1 aromatic carbocycles. The number of halogens is 1. The van der Waals surface area contributed by atoms with E-state index in [4.69, 9.17) is 16.7 Å². The molecule has 0 aliphatic heterocycles. The Hall–Kier alpha value is -1.06. The standard InChI is InChI=1S/C11H14ClNO2/c1-8(11(14)15)13(2)7-9-5-3-4-6-10(9)12/h3-6,8H,7H2,1-2H3,(H,14,15). The van der Waals surface area contributed by atoms with Crippen molar-refractivity contribution >= 4 is 17.6 Å². The zero-order chi connectivity index (χ0) is 11.4. The second kappa shape index (κ2) is 5.14. The summed E-state index contributed by atoms with van der Waals surface area (Å²) in [5.41, 5.74) is 0.940. The van der Waals surface area contributed by atoms with Crippen LogP contribution in [-0.4, -0.2) is 29.1 Å². The lowest BCUT2D eigenvalue weighted by Gasteiger charge is -2.21. The fraction of sp³-hybridized carbons (Fsp3) is 0.364. The van der Waals surface area contributed by atoms with Crippen molar-refractivity contribution in [2.75, 3.05) is 7.05 Å². The highest BCUT2D eigenvalue weighted by Gasteiger charge is 2.17. The second-order valence-corrected chi connectivity index (χ2v) is 3.93. The van der Waals surface area contributed by atoms with Crippen molar-refractivity contribution in [1.29, 1.82) is 0 Å². The molecule has 4 heteroatoms. The molecule has 0 aromatic heterocycles. The lowest BCUT2D eigenvalue weighted by Crippen LogP contribution is -2.35. The van der Waals surface area contributed by atoms with Gasteiger partial charge >= 0.3 is 5.97 Å². The highest BCUT2D eigenvalue weighted by atomic mass is 35.5. The maximum absolute atomic E-state index is 10.7. The van der Waals surface area contributed by atoms with Crippen molar-refractivity contribution in [2.45, 2.75) is 19.5 Å². The van der Waals surface area contributed by atoms with Crippen LogP contribution in [0.25, 0.3) is 0 Å². The highest BCUT2D eigenvalue weighted by molar-refractivity contribution is 6.31. The largest absolute Gasteiger partial charge is 0.480 e. The van der Waals surface area contributed by atoms with Gasteiger partial charge in [0, 0.05) is 11.6 Å². The van der Waals surface area contributed by atoms with Gasteiger partial charge in [0.05, 0.1) is 0 Å². The molecule has 0 heterocycles. The third kappa shape index (κ3) is 3.22. The van der Waals surface area contributed by atoms with E-state index < -0.39 is 12.0 Å². The molecule has 0 saturated heterocycles. The number of likely N-dealkylation sites (N-methyl/N-ethyl adjacent to an activating group) is 1. The molecule has 0 aliphatic rings. The first-order valence-corrected chi connectivity index (χ1v) is 5.06. The van der Waals surface area contributed by atoms with Crippen molar-refractivity contribution in [3.05, 3.63) is 34.9 Å². The average Bonchev–Trinajstić information content (AvgIpc) is 2.20. The van der Waals surface area contributed by atoms with Crippen LogP contribution < -0.4 is 0 Å². The van der Waals surface area contributed by atoms with Gasteiger partial charge < -0.3 is 5.11 Å². The monoisotopic (exact) mass is 227 g/mol. The highest BCUT2D eigenvalue weighted by Crippen LogP contribution is 2.17. The van der Waals surface area contributed by atoms with Gasteiger partial charge in [0.25, 0.3) is 0 Å². The van der Waals surface area contributed by atoms with Gasteiger partial charge in [-0.05, 0) is 25.6 Å². The maximum Gasteiger partial charge on any atom is 0.320 e. The molecule has 1 unspecified atom stereocenters. The summed E-state index contributed by atoms with van der Waals surface area (Å²) >= 11 is 5.98. The molecule has 1 rings (SSSR count).